The maximum atomic E-state index is 12.8. The third-order valence-corrected chi connectivity index (χ3v) is 5.87. The second kappa shape index (κ2) is 8.96. The number of aryl methyl sites for hydroxylation is 1. The largest absolute Gasteiger partial charge is 0.493 e. The molecule has 166 valence electrons. The van der Waals surface area contributed by atoms with Crippen molar-refractivity contribution >= 4 is 11.7 Å². The van der Waals surface area contributed by atoms with Gasteiger partial charge in [0.2, 0.25) is 11.9 Å². The highest BCUT2D eigenvalue weighted by Crippen LogP contribution is 2.26. The smallest absolute Gasteiger partial charge is 0.237 e. The number of anilines is 1. The zero-order valence-corrected chi connectivity index (χ0v) is 18.1. The molecule has 1 amide bonds. The number of carbonyl (C=O) groups is 1. The third kappa shape index (κ3) is 4.43. The summed E-state index contributed by atoms with van der Waals surface area (Å²) in [4.78, 5) is 28.4. The van der Waals surface area contributed by atoms with E-state index >= 15 is 0 Å². The van der Waals surface area contributed by atoms with Crippen LogP contribution in [0.5, 0.6) is 5.75 Å². The van der Waals surface area contributed by atoms with Crippen molar-refractivity contribution in [2.75, 3.05) is 31.1 Å². The lowest BCUT2D eigenvalue weighted by molar-refractivity contribution is -0.121. The molecule has 4 heterocycles. The Morgan fingerprint density at radius 2 is 2.25 bits per heavy atom. The van der Waals surface area contributed by atoms with Crippen LogP contribution < -0.4 is 20.3 Å². The molecule has 5 rings (SSSR count). The number of imidazole rings is 1. The fraction of sp³-hybridized carbons (Fsp3) is 0.391. The van der Waals surface area contributed by atoms with E-state index in [-0.39, 0.29) is 11.9 Å². The first-order valence-electron chi connectivity index (χ1n) is 11.0. The van der Waals surface area contributed by atoms with Crippen LogP contribution in [0.4, 0.5) is 5.82 Å². The van der Waals surface area contributed by atoms with Crippen LogP contribution in [0, 0.1) is 6.92 Å². The molecule has 3 aromatic rings. The molecule has 0 saturated carbocycles. The van der Waals surface area contributed by atoms with Crippen LogP contribution in [0.15, 0.2) is 43.0 Å². The molecule has 0 radical (unpaired) electrons. The molecule has 32 heavy (non-hydrogen) atoms. The molecule has 2 aromatic heterocycles. The van der Waals surface area contributed by atoms with Gasteiger partial charge in [-0.2, -0.15) is 4.98 Å². The van der Waals surface area contributed by atoms with Crippen molar-refractivity contribution in [2.24, 2.45) is 0 Å². The molecule has 0 bridgehead atoms. The number of benzene rings is 1. The third-order valence-electron chi connectivity index (χ3n) is 5.87. The SMILES string of the molecule is Cc1cc(N2CCNCC2CC(=O)NCc2ccc3c(c2)CCO3)nc(-n2ccnc2)n1. The Morgan fingerprint density at radius 1 is 1.31 bits per heavy atom. The number of rotatable bonds is 6. The Balaban J connectivity index is 1.26. The topological polar surface area (TPSA) is 97.2 Å². The molecule has 2 aliphatic rings. The monoisotopic (exact) mass is 433 g/mol. The molecule has 1 unspecified atom stereocenters. The van der Waals surface area contributed by atoms with E-state index in [0.717, 1.165) is 55.5 Å². The molecule has 9 nitrogen and oxygen atoms in total. The Morgan fingerprint density at radius 3 is 3.12 bits per heavy atom. The van der Waals surface area contributed by atoms with Gasteiger partial charge in [0.25, 0.3) is 0 Å². The lowest BCUT2D eigenvalue weighted by Crippen LogP contribution is -2.53. The molecule has 1 fully saturated rings. The number of nitrogens with one attached hydrogen (secondary N) is 2. The van der Waals surface area contributed by atoms with Gasteiger partial charge < -0.3 is 20.3 Å². The van der Waals surface area contributed by atoms with Crippen molar-refractivity contribution in [1.82, 2.24) is 30.2 Å². The number of hydrogen-bond acceptors (Lipinski definition) is 7. The lowest BCUT2D eigenvalue weighted by Gasteiger charge is -2.37. The molecular formula is C23H27N7O2. The summed E-state index contributed by atoms with van der Waals surface area (Å²) in [5, 5.41) is 6.48. The first kappa shape index (κ1) is 20.4. The number of carbonyl (C=O) groups excluding carboxylic acids is 1. The zero-order valence-electron chi connectivity index (χ0n) is 18.1. The predicted molar refractivity (Wildman–Crippen MR) is 120 cm³/mol. The van der Waals surface area contributed by atoms with E-state index < -0.39 is 0 Å². The maximum Gasteiger partial charge on any atom is 0.237 e. The predicted octanol–water partition coefficient (Wildman–Crippen LogP) is 1.39. The van der Waals surface area contributed by atoms with Crippen molar-refractivity contribution in [3.05, 3.63) is 59.8 Å². The van der Waals surface area contributed by atoms with E-state index in [1.165, 1.54) is 5.56 Å². The molecule has 1 saturated heterocycles. The van der Waals surface area contributed by atoms with Gasteiger partial charge in [-0.3, -0.25) is 9.36 Å². The van der Waals surface area contributed by atoms with Crippen LogP contribution in [-0.2, 0) is 17.8 Å². The standard InChI is InChI=1S/C23H27N7O2/c1-16-10-21(28-23(27-16)29-7-5-25-15-29)30-8-6-24-14-19(30)12-22(31)26-13-17-2-3-20-18(11-17)4-9-32-20/h2-3,5,7,10-11,15,19,24H,4,6,8-9,12-14H2,1H3,(H,26,31). The van der Waals surface area contributed by atoms with Gasteiger partial charge in [0.1, 0.15) is 17.9 Å². The van der Waals surface area contributed by atoms with Gasteiger partial charge >= 0.3 is 0 Å². The average molecular weight is 434 g/mol. The Hall–Kier alpha value is -3.46. The van der Waals surface area contributed by atoms with Crippen molar-refractivity contribution in [1.29, 1.82) is 0 Å². The first-order valence-corrected chi connectivity index (χ1v) is 11.0. The van der Waals surface area contributed by atoms with Crippen LogP contribution in [-0.4, -0.2) is 57.7 Å². The van der Waals surface area contributed by atoms with Crippen LogP contribution in [0.1, 0.15) is 23.2 Å². The summed E-state index contributed by atoms with van der Waals surface area (Å²) in [6.45, 7) is 5.57. The number of aromatic nitrogens is 4. The fourth-order valence-electron chi connectivity index (χ4n) is 4.26. The molecule has 2 aliphatic heterocycles. The first-order chi connectivity index (χ1) is 15.7. The molecule has 0 aliphatic carbocycles. The Bertz CT molecular complexity index is 1100. The minimum absolute atomic E-state index is 0.0158. The van der Waals surface area contributed by atoms with E-state index in [2.05, 4.69) is 31.6 Å². The van der Waals surface area contributed by atoms with Crippen molar-refractivity contribution in [3.63, 3.8) is 0 Å². The number of amides is 1. The van der Waals surface area contributed by atoms with Crippen LogP contribution in [0.3, 0.4) is 0 Å². The summed E-state index contributed by atoms with van der Waals surface area (Å²) in [5.74, 6) is 2.40. The van der Waals surface area contributed by atoms with E-state index in [1.54, 1.807) is 17.1 Å². The van der Waals surface area contributed by atoms with Gasteiger partial charge in [0.15, 0.2) is 0 Å². The lowest BCUT2D eigenvalue weighted by atomic mass is 10.1. The Labute approximate surface area is 186 Å². The normalized spacial score (nSPS) is 17.7. The summed E-state index contributed by atoms with van der Waals surface area (Å²) in [6, 6.07) is 8.12. The van der Waals surface area contributed by atoms with E-state index in [4.69, 9.17) is 9.72 Å². The van der Waals surface area contributed by atoms with Crippen LogP contribution in [0.2, 0.25) is 0 Å². The minimum atomic E-state index is 0.0158. The highest BCUT2D eigenvalue weighted by atomic mass is 16.5. The highest BCUT2D eigenvalue weighted by Gasteiger charge is 2.26. The zero-order chi connectivity index (χ0) is 21.9. The van der Waals surface area contributed by atoms with Gasteiger partial charge in [0, 0.05) is 63.2 Å². The van der Waals surface area contributed by atoms with E-state index in [9.17, 15) is 4.79 Å². The quantitative estimate of drug-likeness (QED) is 0.606. The average Bonchev–Trinajstić information content (AvgIpc) is 3.49. The van der Waals surface area contributed by atoms with Crippen molar-refractivity contribution in [2.45, 2.75) is 32.4 Å². The van der Waals surface area contributed by atoms with E-state index in [0.29, 0.717) is 18.9 Å². The van der Waals surface area contributed by atoms with Crippen LogP contribution in [0.25, 0.3) is 5.95 Å². The second-order valence-corrected chi connectivity index (χ2v) is 8.21. The molecule has 1 aromatic carbocycles. The summed E-state index contributed by atoms with van der Waals surface area (Å²) in [5.41, 5.74) is 3.19. The number of ether oxygens (including phenoxy) is 1. The second-order valence-electron chi connectivity index (χ2n) is 8.21. The molecular weight excluding hydrogens is 406 g/mol. The number of piperazine rings is 1. The minimum Gasteiger partial charge on any atom is -0.493 e. The molecule has 2 N–H and O–H groups in total. The van der Waals surface area contributed by atoms with Gasteiger partial charge in [0.05, 0.1) is 12.6 Å². The van der Waals surface area contributed by atoms with Gasteiger partial charge in [-0.05, 0) is 24.1 Å². The van der Waals surface area contributed by atoms with Crippen molar-refractivity contribution in [3.8, 4) is 11.7 Å². The molecule has 0 spiro atoms. The summed E-state index contributed by atoms with van der Waals surface area (Å²) in [6.07, 6.45) is 6.54. The van der Waals surface area contributed by atoms with Crippen molar-refractivity contribution < 1.29 is 9.53 Å². The maximum absolute atomic E-state index is 12.8. The summed E-state index contributed by atoms with van der Waals surface area (Å²) < 4.78 is 7.35. The van der Waals surface area contributed by atoms with Gasteiger partial charge in [-0.1, -0.05) is 12.1 Å². The number of fused-ring (bicyclic) bond motifs is 1. The van der Waals surface area contributed by atoms with Gasteiger partial charge in [-0.15, -0.1) is 0 Å². The highest BCUT2D eigenvalue weighted by molar-refractivity contribution is 5.77. The number of nitrogens with zero attached hydrogens (tertiary/aromatic N) is 5. The fourth-order valence-corrected chi connectivity index (χ4v) is 4.26. The summed E-state index contributed by atoms with van der Waals surface area (Å²) in [7, 11) is 0. The van der Waals surface area contributed by atoms with Gasteiger partial charge in [-0.25, -0.2) is 9.97 Å². The Kier molecular flexibility index (Phi) is 5.72. The molecule has 1 atom stereocenters. The summed E-state index contributed by atoms with van der Waals surface area (Å²) >= 11 is 0. The molecule has 9 heteroatoms. The number of hydrogen-bond donors (Lipinski definition) is 2. The van der Waals surface area contributed by atoms with Crippen LogP contribution >= 0.6 is 0 Å². The van der Waals surface area contributed by atoms with E-state index in [1.807, 2.05) is 31.3 Å².